The molecule has 2 fully saturated rings. The van der Waals surface area contributed by atoms with Crippen LogP contribution >= 0.6 is 0 Å². The van der Waals surface area contributed by atoms with Crippen LogP contribution in [0.3, 0.4) is 0 Å². The van der Waals surface area contributed by atoms with Gasteiger partial charge >= 0.3 is 0 Å². The van der Waals surface area contributed by atoms with Crippen molar-refractivity contribution in [3.63, 3.8) is 0 Å². The molecule has 1 saturated heterocycles. The van der Waals surface area contributed by atoms with Gasteiger partial charge in [0.2, 0.25) is 17.7 Å². The number of piperidine rings is 1. The van der Waals surface area contributed by atoms with Gasteiger partial charge < -0.3 is 11.1 Å². The summed E-state index contributed by atoms with van der Waals surface area (Å²) in [6, 6.07) is -0.649. The fourth-order valence-corrected chi connectivity index (χ4v) is 1.81. The van der Waals surface area contributed by atoms with E-state index < -0.39 is 11.9 Å². The fraction of sp³-hybridized carbons (Fsp3) is 0.727. The first kappa shape index (κ1) is 12.0. The molecular weight excluding hydrogens is 222 g/mol. The highest BCUT2D eigenvalue weighted by Crippen LogP contribution is 2.27. The summed E-state index contributed by atoms with van der Waals surface area (Å²) in [5, 5.41) is 2.72. The van der Waals surface area contributed by atoms with Gasteiger partial charge in [-0.1, -0.05) is 0 Å². The van der Waals surface area contributed by atoms with E-state index in [-0.39, 0.29) is 24.8 Å². The van der Waals surface area contributed by atoms with Crippen LogP contribution in [0, 0.1) is 5.92 Å². The highest BCUT2D eigenvalue weighted by Gasteiger charge is 2.33. The Morgan fingerprint density at radius 3 is 2.71 bits per heavy atom. The predicted octanol–water partition coefficient (Wildman–Crippen LogP) is -1.01. The number of hydrogen-bond acceptors (Lipinski definition) is 4. The van der Waals surface area contributed by atoms with E-state index >= 15 is 0 Å². The molecule has 1 heterocycles. The van der Waals surface area contributed by atoms with Crippen LogP contribution in [0.2, 0.25) is 0 Å². The lowest BCUT2D eigenvalue weighted by Gasteiger charge is -2.28. The average molecular weight is 239 g/mol. The van der Waals surface area contributed by atoms with E-state index in [2.05, 4.69) is 5.32 Å². The number of imide groups is 1. The molecule has 2 aliphatic rings. The molecule has 17 heavy (non-hydrogen) atoms. The highest BCUT2D eigenvalue weighted by atomic mass is 16.2. The van der Waals surface area contributed by atoms with Gasteiger partial charge in [-0.2, -0.15) is 0 Å². The zero-order valence-electron chi connectivity index (χ0n) is 9.65. The molecule has 6 heteroatoms. The molecule has 3 N–H and O–H groups in total. The van der Waals surface area contributed by atoms with Gasteiger partial charge in [-0.3, -0.25) is 19.3 Å². The van der Waals surface area contributed by atoms with Crippen molar-refractivity contribution < 1.29 is 14.4 Å². The summed E-state index contributed by atoms with van der Waals surface area (Å²) in [6.07, 6.45) is 2.90. The lowest BCUT2D eigenvalue weighted by atomic mass is 10.1. The minimum absolute atomic E-state index is 0.196. The van der Waals surface area contributed by atoms with Crippen molar-refractivity contribution in [1.29, 1.82) is 0 Å². The van der Waals surface area contributed by atoms with Crippen molar-refractivity contribution in [2.45, 2.75) is 31.7 Å². The summed E-state index contributed by atoms with van der Waals surface area (Å²) in [7, 11) is 0. The largest absolute Gasteiger partial charge is 0.354 e. The maximum atomic E-state index is 11.6. The third kappa shape index (κ3) is 3.03. The molecule has 3 amide bonds. The second-order valence-electron chi connectivity index (χ2n) is 4.71. The van der Waals surface area contributed by atoms with Crippen molar-refractivity contribution >= 4 is 17.7 Å². The van der Waals surface area contributed by atoms with Gasteiger partial charge in [0.05, 0.1) is 6.04 Å². The lowest BCUT2D eigenvalue weighted by molar-refractivity contribution is -0.151. The van der Waals surface area contributed by atoms with Crippen LogP contribution in [-0.2, 0) is 14.4 Å². The van der Waals surface area contributed by atoms with Crippen LogP contribution in [0.25, 0.3) is 0 Å². The van der Waals surface area contributed by atoms with Crippen molar-refractivity contribution in [3.05, 3.63) is 0 Å². The third-order valence-corrected chi connectivity index (χ3v) is 3.14. The molecule has 0 radical (unpaired) electrons. The molecule has 0 aromatic rings. The number of nitrogens with zero attached hydrogens (tertiary/aromatic N) is 1. The van der Waals surface area contributed by atoms with Gasteiger partial charge in [0.25, 0.3) is 0 Å². The Morgan fingerprint density at radius 1 is 1.35 bits per heavy atom. The Morgan fingerprint density at radius 2 is 2.06 bits per heavy atom. The van der Waals surface area contributed by atoms with Gasteiger partial charge in [0, 0.05) is 13.0 Å². The number of carbonyl (C=O) groups is 3. The first-order valence-electron chi connectivity index (χ1n) is 5.94. The van der Waals surface area contributed by atoms with Gasteiger partial charge in [0.1, 0.15) is 6.54 Å². The van der Waals surface area contributed by atoms with E-state index in [1.807, 2.05) is 0 Å². The fourth-order valence-electron chi connectivity index (χ4n) is 1.81. The Labute approximate surface area is 99.5 Å². The molecular formula is C11H17N3O3. The Kier molecular flexibility index (Phi) is 3.42. The summed E-state index contributed by atoms with van der Waals surface area (Å²) in [4.78, 5) is 35.6. The van der Waals surface area contributed by atoms with E-state index in [1.54, 1.807) is 0 Å². The zero-order chi connectivity index (χ0) is 12.4. The van der Waals surface area contributed by atoms with Crippen LogP contribution in [-0.4, -0.2) is 41.8 Å². The minimum Gasteiger partial charge on any atom is -0.354 e. The maximum absolute atomic E-state index is 11.6. The smallest absolute Gasteiger partial charge is 0.246 e. The van der Waals surface area contributed by atoms with E-state index in [1.165, 1.54) is 0 Å². The first-order chi connectivity index (χ1) is 8.08. The van der Waals surface area contributed by atoms with Crippen molar-refractivity contribution in [3.8, 4) is 0 Å². The van der Waals surface area contributed by atoms with E-state index in [4.69, 9.17) is 5.73 Å². The molecule has 1 aliphatic heterocycles. The monoisotopic (exact) mass is 239 g/mol. The number of rotatable bonds is 4. The number of nitrogens with one attached hydrogen (secondary N) is 1. The number of hydrogen-bond donors (Lipinski definition) is 2. The maximum Gasteiger partial charge on any atom is 0.246 e. The number of nitrogens with two attached hydrogens (primary N) is 1. The molecule has 0 aromatic heterocycles. The van der Waals surface area contributed by atoms with Crippen LogP contribution in [0.1, 0.15) is 25.7 Å². The quantitative estimate of drug-likeness (QED) is 0.615. The minimum atomic E-state index is -0.649. The second-order valence-corrected chi connectivity index (χ2v) is 4.71. The number of amides is 3. The van der Waals surface area contributed by atoms with Crippen molar-refractivity contribution in [2.24, 2.45) is 11.7 Å². The molecule has 1 saturated carbocycles. The van der Waals surface area contributed by atoms with Crippen LogP contribution < -0.4 is 11.1 Å². The van der Waals surface area contributed by atoms with Gasteiger partial charge in [-0.15, -0.1) is 0 Å². The summed E-state index contributed by atoms with van der Waals surface area (Å²) in [5.41, 5.74) is 5.56. The first-order valence-corrected chi connectivity index (χ1v) is 5.94. The standard InChI is InChI=1S/C11H17N3O3/c12-8-3-4-10(16)14(11(8)17)6-9(15)13-5-7-1-2-7/h7-8H,1-6,12H2,(H,13,15). The average Bonchev–Trinajstić information content (AvgIpc) is 3.11. The van der Waals surface area contributed by atoms with Crippen molar-refractivity contribution in [1.82, 2.24) is 10.2 Å². The van der Waals surface area contributed by atoms with Gasteiger partial charge in [-0.05, 0) is 25.2 Å². The van der Waals surface area contributed by atoms with E-state index in [0.29, 0.717) is 18.9 Å². The van der Waals surface area contributed by atoms with Crippen LogP contribution in [0.15, 0.2) is 0 Å². The van der Waals surface area contributed by atoms with Gasteiger partial charge in [0.15, 0.2) is 0 Å². The molecule has 0 bridgehead atoms. The SMILES string of the molecule is NC1CCC(=O)N(CC(=O)NCC2CC2)C1=O. The molecule has 6 nitrogen and oxygen atoms in total. The molecule has 0 aromatic carbocycles. The van der Waals surface area contributed by atoms with E-state index in [0.717, 1.165) is 17.7 Å². The van der Waals surface area contributed by atoms with E-state index in [9.17, 15) is 14.4 Å². The number of likely N-dealkylation sites (tertiary alicyclic amines) is 1. The van der Waals surface area contributed by atoms with Crippen LogP contribution in [0.5, 0.6) is 0 Å². The summed E-state index contributed by atoms with van der Waals surface area (Å²) in [6.45, 7) is 0.444. The number of carbonyl (C=O) groups excluding carboxylic acids is 3. The lowest BCUT2D eigenvalue weighted by Crippen LogP contribution is -2.54. The molecule has 1 unspecified atom stereocenters. The normalized spacial score (nSPS) is 25.0. The van der Waals surface area contributed by atoms with Gasteiger partial charge in [-0.25, -0.2) is 0 Å². The summed E-state index contributed by atoms with van der Waals surface area (Å²) in [5.74, 6) is -0.456. The molecule has 1 atom stereocenters. The Balaban J connectivity index is 1.84. The predicted molar refractivity (Wildman–Crippen MR) is 59.7 cm³/mol. The molecule has 94 valence electrons. The summed E-state index contributed by atoms with van der Waals surface area (Å²) < 4.78 is 0. The summed E-state index contributed by atoms with van der Waals surface area (Å²) >= 11 is 0. The Bertz CT molecular complexity index is 352. The zero-order valence-corrected chi connectivity index (χ0v) is 9.65. The highest BCUT2D eigenvalue weighted by molar-refractivity contribution is 6.03. The van der Waals surface area contributed by atoms with Crippen LogP contribution in [0.4, 0.5) is 0 Å². The molecule has 0 spiro atoms. The Hall–Kier alpha value is -1.43. The molecule has 1 aliphatic carbocycles. The topological polar surface area (TPSA) is 92.5 Å². The molecule has 2 rings (SSSR count). The second kappa shape index (κ2) is 4.83. The third-order valence-electron chi connectivity index (χ3n) is 3.14. The van der Waals surface area contributed by atoms with Crippen molar-refractivity contribution in [2.75, 3.05) is 13.1 Å².